The van der Waals surface area contributed by atoms with Gasteiger partial charge in [0.25, 0.3) is 15.9 Å². The quantitative estimate of drug-likeness (QED) is 0.318. The second-order valence-corrected chi connectivity index (χ2v) is 9.75. The molecular formula is C23H19N3O6S2. The van der Waals surface area contributed by atoms with E-state index in [4.69, 9.17) is 9.15 Å². The number of carbonyl (C=O) groups excluding carboxylic acids is 2. The summed E-state index contributed by atoms with van der Waals surface area (Å²) in [5, 5.41) is 1.65. The summed E-state index contributed by atoms with van der Waals surface area (Å²) in [6.07, 6.45) is 0. The molecule has 2 aromatic carbocycles. The highest BCUT2D eigenvalue weighted by Crippen LogP contribution is 2.21. The molecule has 0 saturated heterocycles. The second kappa shape index (κ2) is 10.2. The molecule has 0 saturated carbocycles. The van der Waals surface area contributed by atoms with Gasteiger partial charge in [-0.15, -0.1) is 11.3 Å². The maximum absolute atomic E-state index is 12.4. The minimum atomic E-state index is -3.75. The molecule has 3 N–H and O–H groups in total. The lowest BCUT2D eigenvalue weighted by molar-refractivity contribution is 0.0828. The zero-order valence-corrected chi connectivity index (χ0v) is 19.2. The van der Waals surface area contributed by atoms with Crippen LogP contribution in [0.25, 0.3) is 0 Å². The van der Waals surface area contributed by atoms with Crippen LogP contribution in [0.5, 0.6) is 5.75 Å². The summed E-state index contributed by atoms with van der Waals surface area (Å²) in [7, 11) is -3.75. The van der Waals surface area contributed by atoms with E-state index in [-0.39, 0.29) is 27.8 Å². The van der Waals surface area contributed by atoms with Crippen LogP contribution in [0.3, 0.4) is 0 Å². The number of benzene rings is 2. The Balaban J connectivity index is 1.32. The predicted octanol–water partition coefficient (Wildman–Crippen LogP) is 3.80. The standard InChI is InChI=1S/C23H19N3O6S2/c27-22(16-6-4-7-17(14-16)26-34(29,30)21-10-5-13-33-21)24-25-23(28)20-12-11-19(32-20)15-31-18-8-2-1-3-9-18/h1-14,26H,15H2,(H,24,27)(H,25,28). The molecule has 2 amide bonds. The van der Waals surface area contributed by atoms with Crippen LogP contribution in [0.2, 0.25) is 0 Å². The summed E-state index contributed by atoms with van der Waals surface area (Å²) in [6.45, 7) is 0.137. The average Bonchev–Trinajstić information content (AvgIpc) is 3.55. The van der Waals surface area contributed by atoms with Gasteiger partial charge in [0.15, 0.2) is 5.76 Å². The lowest BCUT2D eigenvalue weighted by Gasteiger charge is -2.09. The van der Waals surface area contributed by atoms with Gasteiger partial charge in [-0.3, -0.25) is 25.2 Å². The largest absolute Gasteiger partial charge is 0.486 e. The second-order valence-electron chi connectivity index (χ2n) is 6.89. The van der Waals surface area contributed by atoms with Crippen molar-refractivity contribution in [1.82, 2.24) is 10.9 Å². The van der Waals surface area contributed by atoms with Gasteiger partial charge in [0.2, 0.25) is 0 Å². The van der Waals surface area contributed by atoms with Crippen LogP contribution in [0.15, 0.2) is 92.9 Å². The summed E-state index contributed by atoms with van der Waals surface area (Å²) >= 11 is 1.08. The first-order chi connectivity index (χ1) is 16.4. The van der Waals surface area contributed by atoms with E-state index in [1.54, 1.807) is 29.6 Å². The lowest BCUT2D eigenvalue weighted by atomic mass is 10.2. The van der Waals surface area contributed by atoms with Crippen LogP contribution in [-0.4, -0.2) is 20.2 Å². The van der Waals surface area contributed by atoms with E-state index in [9.17, 15) is 18.0 Å². The molecule has 2 heterocycles. The van der Waals surface area contributed by atoms with Crippen LogP contribution in [0, 0.1) is 0 Å². The van der Waals surface area contributed by atoms with Crippen molar-refractivity contribution in [3.05, 3.63) is 101 Å². The number of amides is 2. The van der Waals surface area contributed by atoms with Crippen molar-refractivity contribution >= 4 is 38.9 Å². The number of thiophene rings is 1. The Labute approximate surface area is 199 Å². The summed E-state index contributed by atoms with van der Waals surface area (Å²) in [6, 6.07) is 21.2. The number of carbonyl (C=O) groups is 2. The van der Waals surface area contributed by atoms with Gasteiger partial charge in [-0.25, -0.2) is 8.42 Å². The minimum absolute atomic E-state index is 0.00980. The molecule has 9 nitrogen and oxygen atoms in total. The number of anilines is 1. The summed E-state index contributed by atoms with van der Waals surface area (Å²) in [5.41, 5.74) is 4.89. The monoisotopic (exact) mass is 497 g/mol. The Morgan fingerprint density at radius 2 is 1.68 bits per heavy atom. The van der Waals surface area contributed by atoms with Crippen molar-refractivity contribution in [2.75, 3.05) is 4.72 Å². The van der Waals surface area contributed by atoms with Gasteiger partial charge in [-0.05, 0) is 53.9 Å². The molecule has 0 radical (unpaired) electrons. The maximum atomic E-state index is 12.4. The van der Waals surface area contributed by atoms with Crippen molar-refractivity contribution in [2.24, 2.45) is 0 Å². The molecule has 4 rings (SSSR count). The highest BCUT2D eigenvalue weighted by atomic mass is 32.2. The van der Waals surface area contributed by atoms with Crippen molar-refractivity contribution in [1.29, 1.82) is 0 Å². The predicted molar refractivity (Wildman–Crippen MR) is 126 cm³/mol. The van der Waals surface area contributed by atoms with Crippen molar-refractivity contribution in [3.63, 3.8) is 0 Å². The summed E-state index contributed by atoms with van der Waals surface area (Å²) < 4.78 is 38.3. The SMILES string of the molecule is O=C(NNC(=O)c1ccc(COc2ccccc2)o1)c1cccc(NS(=O)(=O)c2cccs2)c1. The minimum Gasteiger partial charge on any atom is -0.486 e. The number of para-hydroxylation sites is 1. The molecule has 34 heavy (non-hydrogen) atoms. The fourth-order valence-electron chi connectivity index (χ4n) is 2.84. The summed E-state index contributed by atoms with van der Waals surface area (Å²) in [4.78, 5) is 24.7. The Morgan fingerprint density at radius 3 is 2.44 bits per heavy atom. The highest BCUT2D eigenvalue weighted by Gasteiger charge is 2.17. The number of nitrogens with one attached hydrogen (secondary N) is 3. The molecule has 174 valence electrons. The molecule has 0 atom stereocenters. The molecule has 0 bridgehead atoms. The van der Waals surface area contributed by atoms with Gasteiger partial charge >= 0.3 is 5.91 Å². The van der Waals surface area contributed by atoms with Crippen LogP contribution < -0.4 is 20.3 Å². The first-order valence-electron chi connectivity index (χ1n) is 9.94. The number of hydrogen-bond donors (Lipinski definition) is 3. The van der Waals surface area contributed by atoms with Gasteiger partial charge in [-0.2, -0.15) is 0 Å². The van der Waals surface area contributed by atoms with Gasteiger partial charge < -0.3 is 9.15 Å². The fraction of sp³-hybridized carbons (Fsp3) is 0.0435. The first kappa shape index (κ1) is 23.1. The molecule has 0 fully saturated rings. The van der Waals surface area contributed by atoms with Gasteiger partial charge in [0.1, 0.15) is 22.3 Å². The van der Waals surface area contributed by atoms with Gasteiger partial charge in [0.05, 0.1) is 0 Å². The topological polar surface area (TPSA) is 127 Å². The third-order valence-corrected chi connectivity index (χ3v) is 7.21. The van der Waals surface area contributed by atoms with E-state index in [2.05, 4.69) is 15.6 Å². The van der Waals surface area contributed by atoms with Crippen LogP contribution in [0.1, 0.15) is 26.7 Å². The number of sulfonamides is 1. The number of rotatable bonds is 8. The normalized spacial score (nSPS) is 10.9. The Morgan fingerprint density at radius 1 is 0.882 bits per heavy atom. The number of hydrazine groups is 1. The van der Waals surface area contributed by atoms with E-state index in [0.717, 1.165) is 11.3 Å². The Hall–Kier alpha value is -4.09. The van der Waals surface area contributed by atoms with Crippen LogP contribution >= 0.6 is 11.3 Å². The maximum Gasteiger partial charge on any atom is 0.305 e. The van der Waals surface area contributed by atoms with E-state index >= 15 is 0 Å². The van der Waals surface area contributed by atoms with Crippen LogP contribution in [-0.2, 0) is 16.6 Å². The van der Waals surface area contributed by atoms with Crippen molar-refractivity contribution < 1.29 is 27.2 Å². The van der Waals surface area contributed by atoms with Crippen molar-refractivity contribution in [3.8, 4) is 5.75 Å². The molecule has 0 aliphatic carbocycles. The molecule has 0 unspecified atom stereocenters. The molecule has 0 aliphatic rings. The van der Waals surface area contributed by atoms with Crippen molar-refractivity contribution in [2.45, 2.75) is 10.8 Å². The number of ether oxygens (including phenoxy) is 1. The third-order valence-electron chi connectivity index (χ3n) is 4.44. The molecule has 2 aromatic heterocycles. The molecule has 0 aliphatic heterocycles. The Kier molecular flexibility index (Phi) is 6.95. The van der Waals surface area contributed by atoms with E-state index < -0.39 is 21.8 Å². The van der Waals surface area contributed by atoms with E-state index in [0.29, 0.717) is 11.5 Å². The summed E-state index contributed by atoms with van der Waals surface area (Å²) in [5.74, 6) is -0.203. The molecule has 0 spiro atoms. The van der Waals surface area contributed by atoms with Gasteiger partial charge in [-0.1, -0.05) is 30.3 Å². The first-order valence-corrected chi connectivity index (χ1v) is 12.3. The molecule has 4 aromatic rings. The number of hydrogen-bond acceptors (Lipinski definition) is 7. The smallest absolute Gasteiger partial charge is 0.305 e. The lowest BCUT2D eigenvalue weighted by Crippen LogP contribution is -2.41. The van der Waals surface area contributed by atoms with E-state index in [1.165, 1.54) is 36.4 Å². The van der Waals surface area contributed by atoms with E-state index in [1.807, 2.05) is 18.2 Å². The molecule has 11 heteroatoms. The fourth-order valence-corrected chi connectivity index (χ4v) is 4.88. The van der Waals surface area contributed by atoms with Crippen LogP contribution in [0.4, 0.5) is 5.69 Å². The van der Waals surface area contributed by atoms with Gasteiger partial charge in [0, 0.05) is 11.3 Å². The highest BCUT2D eigenvalue weighted by molar-refractivity contribution is 7.94. The molecular weight excluding hydrogens is 478 g/mol. The Bertz CT molecular complexity index is 1380. The zero-order chi connectivity index (χ0) is 24.0. The third kappa shape index (κ3) is 5.82. The zero-order valence-electron chi connectivity index (χ0n) is 17.6. The number of furan rings is 1. The average molecular weight is 498 g/mol.